The van der Waals surface area contributed by atoms with Gasteiger partial charge in [0, 0.05) is 30.6 Å². The van der Waals surface area contributed by atoms with Crippen LogP contribution in [0.3, 0.4) is 0 Å². The highest BCUT2D eigenvalue weighted by Gasteiger charge is 2.26. The molecule has 0 fully saturated rings. The molecule has 15 heavy (non-hydrogen) atoms. The predicted molar refractivity (Wildman–Crippen MR) is 65.2 cm³/mol. The van der Waals surface area contributed by atoms with Crippen LogP contribution in [0.1, 0.15) is 6.92 Å². The summed E-state index contributed by atoms with van der Waals surface area (Å²) in [6, 6.07) is 0. The first-order valence-electron chi connectivity index (χ1n) is 4.43. The van der Waals surface area contributed by atoms with E-state index in [0.29, 0.717) is 16.8 Å². The Labute approximate surface area is 98.7 Å². The molecule has 0 saturated carbocycles. The molecule has 0 aliphatic carbocycles. The van der Waals surface area contributed by atoms with Gasteiger partial charge in [0.2, 0.25) is 0 Å². The SMILES string of the molecule is COP(=O)(OC)OC1=CSCC(C)SC1. The Kier molecular flexibility index (Phi) is 5.57. The predicted octanol–water partition coefficient (Wildman–Crippen LogP) is 3.11. The van der Waals surface area contributed by atoms with Gasteiger partial charge < -0.3 is 4.52 Å². The van der Waals surface area contributed by atoms with Crippen molar-refractivity contribution in [1.82, 2.24) is 0 Å². The Morgan fingerprint density at radius 3 is 2.73 bits per heavy atom. The van der Waals surface area contributed by atoms with E-state index in [1.54, 1.807) is 23.5 Å². The van der Waals surface area contributed by atoms with Crippen molar-refractivity contribution in [3.05, 3.63) is 11.2 Å². The number of phosphoric acid groups is 1. The molecule has 0 spiro atoms. The Morgan fingerprint density at radius 2 is 2.13 bits per heavy atom. The number of hydrogen-bond donors (Lipinski definition) is 0. The third kappa shape index (κ3) is 4.41. The summed E-state index contributed by atoms with van der Waals surface area (Å²) in [5.41, 5.74) is 0. The maximum absolute atomic E-state index is 11.7. The molecule has 1 aliphatic heterocycles. The summed E-state index contributed by atoms with van der Waals surface area (Å²) in [6.07, 6.45) is 0. The molecule has 0 saturated heterocycles. The largest absolute Gasteiger partial charge is 0.529 e. The van der Waals surface area contributed by atoms with Gasteiger partial charge in [-0.05, 0) is 0 Å². The molecule has 1 unspecified atom stereocenters. The fourth-order valence-electron chi connectivity index (χ4n) is 0.924. The van der Waals surface area contributed by atoms with Gasteiger partial charge in [-0.2, -0.15) is 0 Å². The van der Waals surface area contributed by atoms with Crippen molar-refractivity contribution in [2.24, 2.45) is 0 Å². The molecule has 1 aliphatic rings. The lowest BCUT2D eigenvalue weighted by Gasteiger charge is -2.15. The topological polar surface area (TPSA) is 44.8 Å². The van der Waals surface area contributed by atoms with Crippen LogP contribution in [0.5, 0.6) is 0 Å². The van der Waals surface area contributed by atoms with Crippen LogP contribution < -0.4 is 0 Å². The van der Waals surface area contributed by atoms with Gasteiger partial charge in [0.25, 0.3) is 0 Å². The molecular weight excluding hydrogens is 255 g/mol. The van der Waals surface area contributed by atoms with Crippen LogP contribution in [0.4, 0.5) is 0 Å². The maximum Gasteiger partial charge on any atom is 0.529 e. The fraction of sp³-hybridized carbons (Fsp3) is 0.750. The van der Waals surface area contributed by atoms with Crippen LogP contribution in [0.25, 0.3) is 0 Å². The summed E-state index contributed by atoms with van der Waals surface area (Å²) in [4.78, 5) is 0. The van der Waals surface area contributed by atoms with Crippen molar-refractivity contribution in [3.63, 3.8) is 0 Å². The first kappa shape index (κ1) is 13.5. The summed E-state index contributed by atoms with van der Waals surface area (Å²) >= 11 is 3.42. The Bertz CT molecular complexity index is 274. The zero-order chi connectivity index (χ0) is 11.3. The first-order valence-corrected chi connectivity index (χ1v) is 7.99. The average molecular weight is 270 g/mol. The van der Waals surface area contributed by atoms with E-state index in [0.717, 1.165) is 5.75 Å². The second kappa shape index (κ2) is 6.21. The second-order valence-corrected chi connectivity index (χ2v) is 7.08. The zero-order valence-corrected chi connectivity index (χ0v) is 11.5. The van der Waals surface area contributed by atoms with Crippen LogP contribution in [0.15, 0.2) is 11.2 Å². The van der Waals surface area contributed by atoms with E-state index in [2.05, 4.69) is 6.92 Å². The quantitative estimate of drug-likeness (QED) is 0.731. The molecule has 0 aromatic carbocycles. The molecule has 7 heteroatoms. The monoisotopic (exact) mass is 270 g/mol. The summed E-state index contributed by atoms with van der Waals surface area (Å²) in [6.45, 7) is 2.15. The molecule has 1 atom stereocenters. The molecule has 1 heterocycles. The lowest BCUT2D eigenvalue weighted by Crippen LogP contribution is -2.00. The molecular formula is C8H15O4PS2. The van der Waals surface area contributed by atoms with Crippen molar-refractivity contribution in [3.8, 4) is 0 Å². The van der Waals surface area contributed by atoms with Gasteiger partial charge in [0.1, 0.15) is 5.76 Å². The van der Waals surface area contributed by atoms with Crippen molar-refractivity contribution in [1.29, 1.82) is 0 Å². The van der Waals surface area contributed by atoms with Crippen LogP contribution in [0, 0.1) is 0 Å². The molecule has 88 valence electrons. The van der Waals surface area contributed by atoms with Crippen molar-refractivity contribution in [2.75, 3.05) is 25.7 Å². The van der Waals surface area contributed by atoms with Gasteiger partial charge in [0.15, 0.2) is 0 Å². The van der Waals surface area contributed by atoms with Crippen LogP contribution >= 0.6 is 31.3 Å². The van der Waals surface area contributed by atoms with E-state index in [1.165, 1.54) is 14.2 Å². The first-order chi connectivity index (χ1) is 7.09. The van der Waals surface area contributed by atoms with Crippen LogP contribution in [0.2, 0.25) is 0 Å². The highest BCUT2D eigenvalue weighted by atomic mass is 32.2. The zero-order valence-electron chi connectivity index (χ0n) is 8.97. The molecule has 0 amide bonds. The Balaban J connectivity index is 2.57. The van der Waals surface area contributed by atoms with E-state index in [1.807, 2.05) is 5.41 Å². The summed E-state index contributed by atoms with van der Waals surface area (Å²) in [5.74, 6) is 2.38. The van der Waals surface area contributed by atoms with Crippen molar-refractivity contribution < 1.29 is 18.1 Å². The number of hydrogen-bond acceptors (Lipinski definition) is 6. The minimum Gasteiger partial charge on any atom is -0.407 e. The second-order valence-electron chi connectivity index (χ2n) is 2.94. The fourth-order valence-corrected chi connectivity index (χ4v) is 3.79. The van der Waals surface area contributed by atoms with Crippen LogP contribution in [-0.2, 0) is 18.1 Å². The third-order valence-electron chi connectivity index (χ3n) is 1.73. The lowest BCUT2D eigenvalue weighted by molar-refractivity contribution is 0.184. The lowest BCUT2D eigenvalue weighted by atomic mass is 10.6. The number of thioether (sulfide) groups is 2. The molecule has 0 aromatic rings. The smallest absolute Gasteiger partial charge is 0.407 e. The van der Waals surface area contributed by atoms with Gasteiger partial charge in [-0.1, -0.05) is 6.92 Å². The highest BCUT2D eigenvalue weighted by Crippen LogP contribution is 2.50. The molecule has 0 N–H and O–H groups in total. The van der Waals surface area contributed by atoms with E-state index in [-0.39, 0.29) is 0 Å². The average Bonchev–Trinajstić information content (AvgIpc) is 2.44. The van der Waals surface area contributed by atoms with Gasteiger partial charge in [-0.3, -0.25) is 9.05 Å². The summed E-state index contributed by atoms with van der Waals surface area (Å²) < 4.78 is 26.3. The van der Waals surface area contributed by atoms with E-state index < -0.39 is 7.82 Å². The molecule has 0 bridgehead atoms. The summed E-state index contributed by atoms with van der Waals surface area (Å²) in [5, 5.41) is 2.44. The summed E-state index contributed by atoms with van der Waals surface area (Å²) in [7, 11) is -0.764. The van der Waals surface area contributed by atoms with E-state index in [4.69, 9.17) is 13.6 Å². The van der Waals surface area contributed by atoms with Crippen molar-refractivity contribution in [2.45, 2.75) is 12.2 Å². The normalized spacial score (nSPS) is 23.1. The highest BCUT2D eigenvalue weighted by molar-refractivity contribution is 8.05. The molecule has 0 radical (unpaired) electrons. The minimum absolute atomic E-state index is 0.567. The van der Waals surface area contributed by atoms with Crippen molar-refractivity contribution >= 4 is 31.3 Å². The maximum atomic E-state index is 11.7. The van der Waals surface area contributed by atoms with Crippen LogP contribution in [-0.4, -0.2) is 31.0 Å². The van der Waals surface area contributed by atoms with E-state index in [9.17, 15) is 4.57 Å². The molecule has 4 nitrogen and oxygen atoms in total. The number of phosphoric ester groups is 1. The molecule has 1 rings (SSSR count). The molecule has 0 aromatic heterocycles. The van der Waals surface area contributed by atoms with Gasteiger partial charge in [-0.25, -0.2) is 4.57 Å². The van der Waals surface area contributed by atoms with Gasteiger partial charge >= 0.3 is 7.82 Å². The Hall–Kier alpha value is 0.390. The third-order valence-corrected chi connectivity index (χ3v) is 5.60. The standard InChI is InChI=1S/C8H15O4PS2/c1-7-4-14-5-8(6-15-7)12-13(9,10-2)11-3/h5,7H,4,6H2,1-3H3. The van der Waals surface area contributed by atoms with Gasteiger partial charge in [0.05, 0.1) is 5.75 Å². The van der Waals surface area contributed by atoms with Gasteiger partial charge in [-0.15, -0.1) is 23.5 Å². The minimum atomic E-state index is -3.38. The van der Waals surface area contributed by atoms with E-state index >= 15 is 0 Å². The Morgan fingerprint density at radius 1 is 1.47 bits per heavy atom. The number of rotatable bonds is 4.